The smallest absolute Gasteiger partial charge is 0.129 e. The molecule has 1 aromatic carbocycles. The van der Waals surface area contributed by atoms with Crippen LogP contribution in [0.25, 0.3) is 0 Å². The van der Waals surface area contributed by atoms with Crippen molar-refractivity contribution in [2.75, 3.05) is 0 Å². The minimum atomic E-state index is -1.17. The highest BCUT2D eigenvalue weighted by Crippen LogP contribution is 2.44. The van der Waals surface area contributed by atoms with Gasteiger partial charge in [-0.3, -0.25) is 0 Å². The number of aliphatic hydroxyl groups is 1. The Hall–Kier alpha value is -0.960. The Bertz CT molecular complexity index is 392. The van der Waals surface area contributed by atoms with Crippen molar-refractivity contribution in [3.05, 3.63) is 35.4 Å². The minimum Gasteiger partial charge on any atom is -0.385 e. The van der Waals surface area contributed by atoms with Crippen molar-refractivity contribution in [1.82, 2.24) is 0 Å². The summed E-state index contributed by atoms with van der Waals surface area (Å²) in [5.41, 5.74) is -1.06. The van der Waals surface area contributed by atoms with Crippen molar-refractivity contribution in [2.45, 2.75) is 38.2 Å². The monoisotopic (exact) mass is 226 g/mol. The zero-order chi connectivity index (χ0) is 11.8. The molecule has 88 valence electrons. The molecule has 2 unspecified atom stereocenters. The van der Waals surface area contributed by atoms with Crippen LogP contribution in [0.15, 0.2) is 18.2 Å². The molecule has 1 N–H and O–H groups in total. The highest BCUT2D eigenvalue weighted by atomic mass is 19.1. The molecule has 1 nitrogen and oxygen atoms in total. The molecule has 0 saturated heterocycles. The van der Waals surface area contributed by atoms with E-state index in [0.29, 0.717) is 18.8 Å². The molecule has 1 aliphatic rings. The number of rotatable bonds is 2. The van der Waals surface area contributed by atoms with Crippen LogP contribution in [0.1, 0.15) is 38.2 Å². The van der Waals surface area contributed by atoms with Crippen LogP contribution in [-0.2, 0) is 5.60 Å². The largest absolute Gasteiger partial charge is 0.385 e. The molecule has 0 radical (unpaired) electrons. The van der Waals surface area contributed by atoms with Crippen LogP contribution in [0, 0.1) is 17.6 Å². The lowest BCUT2D eigenvalue weighted by Crippen LogP contribution is -2.23. The molecule has 1 aromatic rings. The molecule has 2 rings (SSSR count). The van der Waals surface area contributed by atoms with E-state index in [0.717, 1.165) is 31.0 Å². The van der Waals surface area contributed by atoms with Gasteiger partial charge < -0.3 is 5.11 Å². The topological polar surface area (TPSA) is 20.2 Å². The lowest BCUT2D eigenvalue weighted by Gasteiger charge is -2.24. The summed E-state index contributed by atoms with van der Waals surface area (Å²) in [5, 5.41) is 10.4. The van der Waals surface area contributed by atoms with E-state index in [2.05, 4.69) is 6.92 Å². The van der Waals surface area contributed by atoms with Gasteiger partial charge in [0.05, 0.1) is 5.60 Å². The molecule has 0 heterocycles. The van der Waals surface area contributed by atoms with Crippen molar-refractivity contribution >= 4 is 0 Å². The van der Waals surface area contributed by atoms with Gasteiger partial charge in [0.1, 0.15) is 11.6 Å². The Labute approximate surface area is 94.1 Å². The molecule has 0 aromatic heterocycles. The van der Waals surface area contributed by atoms with Crippen LogP contribution in [0.4, 0.5) is 8.78 Å². The van der Waals surface area contributed by atoms with Crippen LogP contribution in [0.3, 0.4) is 0 Å². The van der Waals surface area contributed by atoms with Gasteiger partial charge in [-0.15, -0.1) is 0 Å². The van der Waals surface area contributed by atoms with Crippen LogP contribution < -0.4 is 0 Å². The van der Waals surface area contributed by atoms with Gasteiger partial charge in [-0.2, -0.15) is 0 Å². The summed E-state index contributed by atoms with van der Waals surface area (Å²) in [6.07, 6.45) is 2.90. The van der Waals surface area contributed by atoms with Gasteiger partial charge in [0.15, 0.2) is 0 Å². The third-order valence-corrected chi connectivity index (χ3v) is 3.60. The van der Waals surface area contributed by atoms with Gasteiger partial charge >= 0.3 is 0 Å². The van der Waals surface area contributed by atoms with Crippen LogP contribution >= 0.6 is 0 Å². The summed E-state index contributed by atoms with van der Waals surface area (Å²) >= 11 is 0. The molecular weight excluding hydrogens is 210 g/mol. The summed E-state index contributed by atoms with van der Waals surface area (Å²) in [4.78, 5) is 0. The van der Waals surface area contributed by atoms with Crippen LogP contribution in [0.5, 0.6) is 0 Å². The lowest BCUT2D eigenvalue weighted by atomic mass is 9.90. The summed E-state index contributed by atoms with van der Waals surface area (Å²) in [7, 11) is 0. The number of hydrogen-bond acceptors (Lipinski definition) is 1. The predicted molar refractivity (Wildman–Crippen MR) is 57.9 cm³/mol. The molecule has 0 spiro atoms. The first kappa shape index (κ1) is 11.5. The van der Waals surface area contributed by atoms with E-state index < -0.39 is 17.2 Å². The molecular formula is C13H16F2O. The van der Waals surface area contributed by atoms with E-state index in [9.17, 15) is 13.9 Å². The molecule has 16 heavy (non-hydrogen) atoms. The van der Waals surface area contributed by atoms with Crippen molar-refractivity contribution in [3.63, 3.8) is 0 Å². The predicted octanol–water partition coefficient (Wildman–Crippen LogP) is 3.36. The van der Waals surface area contributed by atoms with Gasteiger partial charge in [-0.1, -0.05) is 13.3 Å². The fourth-order valence-electron chi connectivity index (χ4n) is 2.57. The maximum absolute atomic E-state index is 13.6. The number of hydrogen-bond donors (Lipinski definition) is 1. The molecule has 0 bridgehead atoms. The highest BCUT2D eigenvalue weighted by molar-refractivity contribution is 5.26. The second-order valence-corrected chi connectivity index (χ2v) is 4.67. The zero-order valence-corrected chi connectivity index (χ0v) is 9.34. The summed E-state index contributed by atoms with van der Waals surface area (Å²) in [5.74, 6) is -0.599. The van der Waals surface area contributed by atoms with Crippen LogP contribution in [0.2, 0.25) is 0 Å². The molecule has 0 aliphatic heterocycles. The Morgan fingerprint density at radius 2 is 2.19 bits per heavy atom. The lowest BCUT2D eigenvalue weighted by molar-refractivity contribution is 0.0358. The van der Waals surface area contributed by atoms with E-state index in [4.69, 9.17) is 0 Å². The van der Waals surface area contributed by atoms with E-state index in [1.54, 1.807) is 0 Å². The molecule has 2 atom stereocenters. The summed E-state index contributed by atoms with van der Waals surface area (Å²) in [6, 6.07) is 3.28. The van der Waals surface area contributed by atoms with Gasteiger partial charge in [0, 0.05) is 5.56 Å². The summed E-state index contributed by atoms with van der Waals surface area (Å²) < 4.78 is 26.6. The van der Waals surface area contributed by atoms with Crippen molar-refractivity contribution in [3.8, 4) is 0 Å². The van der Waals surface area contributed by atoms with Gasteiger partial charge in [-0.25, -0.2) is 8.78 Å². The number of halogens is 2. The third kappa shape index (κ3) is 1.96. The average Bonchev–Trinajstić information content (AvgIpc) is 2.65. The second kappa shape index (κ2) is 4.13. The Morgan fingerprint density at radius 3 is 2.81 bits per heavy atom. The minimum absolute atomic E-state index is 0.114. The van der Waals surface area contributed by atoms with E-state index in [1.165, 1.54) is 0 Å². The standard InChI is InChI=1S/C13H16F2O/c1-2-9-5-6-13(16,8-9)11-7-10(14)3-4-12(11)15/h3-4,7,9,16H,2,5-6,8H2,1H3. The first-order chi connectivity index (χ1) is 7.55. The van der Waals surface area contributed by atoms with Gasteiger partial charge in [0.25, 0.3) is 0 Å². The molecule has 3 heteroatoms. The Kier molecular flexibility index (Phi) is 2.98. The highest BCUT2D eigenvalue weighted by Gasteiger charge is 2.39. The van der Waals surface area contributed by atoms with E-state index in [-0.39, 0.29) is 5.56 Å². The first-order valence-corrected chi connectivity index (χ1v) is 5.73. The van der Waals surface area contributed by atoms with Crippen molar-refractivity contribution in [2.24, 2.45) is 5.92 Å². The van der Waals surface area contributed by atoms with E-state index in [1.807, 2.05) is 0 Å². The zero-order valence-electron chi connectivity index (χ0n) is 9.34. The number of benzene rings is 1. The van der Waals surface area contributed by atoms with Crippen LogP contribution in [-0.4, -0.2) is 5.11 Å². The molecule has 0 amide bonds. The third-order valence-electron chi connectivity index (χ3n) is 3.60. The first-order valence-electron chi connectivity index (χ1n) is 5.73. The van der Waals surface area contributed by atoms with E-state index >= 15 is 0 Å². The maximum Gasteiger partial charge on any atom is 0.129 e. The van der Waals surface area contributed by atoms with Crippen molar-refractivity contribution < 1.29 is 13.9 Å². The average molecular weight is 226 g/mol. The fraction of sp³-hybridized carbons (Fsp3) is 0.538. The molecule has 1 aliphatic carbocycles. The normalized spacial score (nSPS) is 29.6. The SMILES string of the molecule is CCC1CCC(O)(c2cc(F)ccc2F)C1. The van der Waals surface area contributed by atoms with Gasteiger partial charge in [-0.05, 0) is 43.4 Å². The quantitative estimate of drug-likeness (QED) is 0.819. The maximum atomic E-state index is 13.6. The summed E-state index contributed by atoms with van der Waals surface area (Å²) in [6.45, 7) is 2.05. The Morgan fingerprint density at radius 1 is 1.44 bits per heavy atom. The second-order valence-electron chi connectivity index (χ2n) is 4.67. The molecule has 1 fully saturated rings. The van der Waals surface area contributed by atoms with Crippen molar-refractivity contribution in [1.29, 1.82) is 0 Å². The fourth-order valence-corrected chi connectivity index (χ4v) is 2.57. The van der Waals surface area contributed by atoms with Gasteiger partial charge in [0.2, 0.25) is 0 Å². The Balaban J connectivity index is 2.33. The molecule has 1 saturated carbocycles.